The second kappa shape index (κ2) is 6.66. The normalized spacial score (nSPS) is 23.0. The highest BCUT2D eigenvalue weighted by atomic mass is 32.1. The molecule has 0 aliphatic carbocycles. The quantitative estimate of drug-likeness (QED) is 0.679. The number of halogens is 2. The van der Waals surface area contributed by atoms with Gasteiger partial charge in [-0.15, -0.1) is 0 Å². The molecule has 0 saturated carbocycles. The average Bonchev–Trinajstić information content (AvgIpc) is 2.03. The van der Waals surface area contributed by atoms with Crippen molar-refractivity contribution in [2.75, 3.05) is 19.3 Å². The Morgan fingerprint density at radius 1 is 1.50 bits per heavy atom. The first-order chi connectivity index (χ1) is 5.74. The minimum absolute atomic E-state index is 0.0293. The van der Waals surface area contributed by atoms with Crippen molar-refractivity contribution in [3.63, 3.8) is 0 Å². The fourth-order valence-electron chi connectivity index (χ4n) is 1.37. The van der Waals surface area contributed by atoms with Gasteiger partial charge in [0.25, 0.3) is 6.43 Å². The van der Waals surface area contributed by atoms with Crippen LogP contribution in [0.3, 0.4) is 0 Å². The largest absolute Gasteiger partial charge is 0.295 e. The molecule has 74 valence electrons. The molecule has 0 radical (unpaired) electrons. The fraction of sp³-hybridized carbons (Fsp3) is 1.00. The molecule has 0 amide bonds. The summed E-state index contributed by atoms with van der Waals surface area (Å²) in [5.74, 6) is 0. The van der Waals surface area contributed by atoms with Crippen molar-refractivity contribution in [1.29, 1.82) is 0 Å². The smallest absolute Gasteiger partial charge is 0.251 e. The molecule has 1 rings (SSSR count). The molecule has 1 atom stereocenters. The summed E-state index contributed by atoms with van der Waals surface area (Å²) in [5, 5.41) is 0. The van der Waals surface area contributed by atoms with Crippen LogP contribution in [-0.4, -0.2) is 36.7 Å². The molecule has 1 aliphatic rings. The van der Waals surface area contributed by atoms with Gasteiger partial charge in [0.2, 0.25) is 0 Å². The number of nitrogens with zero attached hydrogens (tertiary/aromatic N) is 1. The highest BCUT2D eigenvalue weighted by Crippen LogP contribution is 2.20. The van der Waals surface area contributed by atoms with Gasteiger partial charge >= 0.3 is 0 Å². The number of likely N-dealkylation sites (tertiary alicyclic amines) is 1. The van der Waals surface area contributed by atoms with E-state index in [1.165, 1.54) is 0 Å². The first-order valence-electron chi connectivity index (χ1n) is 4.21. The molecule has 12 heavy (non-hydrogen) atoms. The van der Waals surface area contributed by atoms with Crippen molar-refractivity contribution in [3.05, 3.63) is 0 Å². The van der Waals surface area contributed by atoms with Crippen LogP contribution in [0.4, 0.5) is 8.78 Å². The Morgan fingerprint density at radius 3 is 2.33 bits per heavy atom. The molecule has 1 aliphatic heterocycles. The Balaban J connectivity index is 0.000000561. The molecule has 1 saturated heterocycles. The number of rotatable bonds is 3. The molecule has 0 bridgehead atoms. The lowest BCUT2D eigenvalue weighted by Gasteiger charge is -2.40. The Bertz CT molecular complexity index is 109. The van der Waals surface area contributed by atoms with Crippen LogP contribution in [-0.2, 0) is 0 Å². The molecule has 0 aromatic rings. The van der Waals surface area contributed by atoms with Gasteiger partial charge in [-0.3, -0.25) is 4.90 Å². The van der Waals surface area contributed by atoms with Gasteiger partial charge in [-0.2, -0.15) is 12.6 Å². The van der Waals surface area contributed by atoms with E-state index in [9.17, 15) is 8.78 Å². The van der Waals surface area contributed by atoms with Gasteiger partial charge in [0.05, 0.1) is 6.54 Å². The van der Waals surface area contributed by atoms with E-state index in [0.717, 1.165) is 19.4 Å². The van der Waals surface area contributed by atoms with Gasteiger partial charge in [-0.25, -0.2) is 8.78 Å². The van der Waals surface area contributed by atoms with Gasteiger partial charge < -0.3 is 0 Å². The maximum atomic E-state index is 11.8. The second-order valence-electron chi connectivity index (χ2n) is 2.74. The van der Waals surface area contributed by atoms with Crippen LogP contribution >= 0.6 is 12.6 Å². The van der Waals surface area contributed by atoms with Gasteiger partial charge in [0, 0.05) is 12.6 Å². The topological polar surface area (TPSA) is 3.24 Å². The Morgan fingerprint density at radius 2 is 2.08 bits per heavy atom. The van der Waals surface area contributed by atoms with E-state index in [4.69, 9.17) is 0 Å². The van der Waals surface area contributed by atoms with Crippen LogP contribution in [0.25, 0.3) is 0 Å². The molecule has 1 fully saturated rings. The average molecular weight is 197 g/mol. The zero-order valence-electron chi connectivity index (χ0n) is 7.63. The molecule has 1 unspecified atom stereocenters. The lowest BCUT2D eigenvalue weighted by Crippen LogP contribution is -2.49. The summed E-state index contributed by atoms with van der Waals surface area (Å²) >= 11 is 3.53. The van der Waals surface area contributed by atoms with E-state index >= 15 is 0 Å². The Labute approximate surface area is 78.5 Å². The molecule has 1 heterocycles. The molecule has 0 spiro atoms. The highest BCUT2D eigenvalue weighted by molar-refractivity contribution is 7.79. The predicted octanol–water partition coefficient (Wildman–Crippen LogP) is 2.28. The van der Waals surface area contributed by atoms with E-state index in [2.05, 4.69) is 12.6 Å². The summed E-state index contributed by atoms with van der Waals surface area (Å²) in [4.78, 5) is 1.85. The van der Waals surface area contributed by atoms with Crippen molar-refractivity contribution in [3.8, 4) is 0 Å². The maximum Gasteiger partial charge on any atom is 0.251 e. The highest BCUT2D eigenvalue weighted by Gasteiger charge is 2.27. The van der Waals surface area contributed by atoms with Gasteiger partial charge in [0.1, 0.15) is 0 Å². The summed E-state index contributed by atoms with van der Waals surface area (Å²) in [6.45, 7) is 2.88. The lowest BCUT2D eigenvalue weighted by atomic mass is 10.0. The second-order valence-corrected chi connectivity index (χ2v) is 2.74. The minimum atomic E-state index is -2.16. The SMILES string of the molecule is CCC1CCN1CC(F)F.CS. The molecule has 1 nitrogen and oxygen atoms in total. The van der Waals surface area contributed by atoms with Crippen LogP contribution in [0.1, 0.15) is 19.8 Å². The minimum Gasteiger partial charge on any atom is -0.295 e. The Hall–Kier alpha value is 0.170. The molecule has 0 aromatic heterocycles. The molecule has 0 N–H and O–H groups in total. The third-order valence-electron chi connectivity index (χ3n) is 2.11. The van der Waals surface area contributed by atoms with Crippen LogP contribution < -0.4 is 0 Å². The first kappa shape index (κ1) is 12.2. The van der Waals surface area contributed by atoms with E-state index in [-0.39, 0.29) is 6.54 Å². The number of hydrogen-bond acceptors (Lipinski definition) is 2. The zero-order valence-corrected chi connectivity index (χ0v) is 8.53. The van der Waals surface area contributed by atoms with Crippen molar-refractivity contribution >= 4 is 12.6 Å². The first-order valence-corrected chi connectivity index (χ1v) is 5.10. The maximum absolute atomic E-state index is 11.8. The van der Waals surface area contributed by atoms with E-state index in [1.807, 2.05) is 11.8 Å². The third-order valence-corrected chi connectivity index (χ3v) is 2.11. The van der Waals surface area contributed by atoms with Crippen molar-refractivity contribution in [2.24, 2.45) is 0 Å². The van der Waals surface area contributed by atoms with E-state index in [1.54, 1.807) is 6.26 Å². The number of thiol groups is 1. The summed E-state index contributed by atoms with van der Waals surface area (Å²) in [7, 11) is 0. The Kier molecular flexibility index (Phi) is 6.76. The molecule has 0 aromatic carbocycles. The molecular weight excluding hydrogens is 180 g/mol. The standard InChI is InChI=1S/C7H13F2N.CH4S/c1-2-6-3-4-10(6)5-7(8)9;1-2/h6-7H,2-5H2,1H3;2H,1H3. The van der Waals surface area contributed by atoms with Gasteiger partial charge in [-0.05, 0) is 19.1 Å². The van der Waals surface area contributed by atoms with Crippen molar-refractivity contribution in [1.82, 2.24) is 4.90 Å². The van der Waals surface area contributed by atoms with E-state index in [0.29, 0.717) is 6.04 Å². The van der Waals surface area contributed by atoms with Crippen molar-refractivity contribution in [2.45, 2.75) is 32.2 Å². The van der Waals surface area contributed by atoms with Crippen LogP contribution in [0.15, 0.2) is 0 Å². The van der Waals surface area contributed by atoms with Crippen LogP contribution in [0.5, 0.6) is 0 Å². The zero-order chi connectivity index (χ0) is 9.56. The molecular formula is C8H17F2NS. The fourth-order valence-corrected chi connectivity index (χ4v) is 1.37. The van der Waals surface area contributed by atoms with Gasteiger partial charge in [-0.1, -0.05) is 6.92 Å². The van der Waals surface area contributed by atoms with Crippen LogP contribution in [0, 0.1) is 0 Å². The number of alkyl halides is 2. The monoisotopic (exact) mass is 197 g/mol. The van der Waals surface area contributed by atoms with Crippen LogP contribution in [0.2, 0.25) is 0 Å². The lowest BCUT2D eigenvalue weighted by molar-refractivity contribution is 0.0153. The summed E-state index contributed by atoms with van der Waals surface area (Å²) in [6, 6.07) is 0.439. The summed E-state index contributed by atoms with van der Waals surface area (Å²) in [5.41, 5.74) is 0. The van der Waals surface area contributed by atoms with E-state index < -0.39 is 6.43 Å². The number of hydrogen-bond donors (Lipinski definition) is 1. The van der Waals surface area contributed by atoms with Gasteiger partial charge in [0.15, 0.2) is 0 Å². The summed E-state index contributed by atoms with van der Waals surface area (Å²) < 4.78 is 23.5. The third kappa shape index (κ3) is 3.72. The molecule has 4 heteroatoms. The predicted molar refractivity (Wildman–Crippen MR) is 51.2 cm³/mol. The summed E-state index contributed by atoms with van der Waals surface area (Å²) in [6.07, 6.45) is 1.64. The van der Waals surface area contributed by atoms with Crippen molar-refractivity contribution < 1.29 is 8.78 Å².